The molecule has 138 valence electrons. The first-order chi connectivity index (χ1) is 11.7. The summed E-state index contributed by atoms with van der Waals surface area (Å²) in [5.74, 6) is 0.191. The number of carbonyl (C=O) groups is 2. The van der Waals surface area contributed by atoms with Crippen molar-refractivity contribution in [1.29, 1.82) is 0 Å². The van der Waals surface area contributed by atoms with E-state index in [1.807, 2.05) is 58.0 Å². The lowest BCUT2D eigenvalue weighted by Crippen LogP contribution is -2.42. The van der Waals surface area contributed by atoms with Gasteiger partial charge in [0.2, 0.25) is 0 Å². The lowest BCUT2D eigenvalue weighted by molar-refractivity contribution is 0.0492. The van der Waals surface area contributed by atoms with Gasteiger partial charge in [0.15, 0.2) is 0 Å². The summed E-state index contributed by atoms with van der Waals surface area (Å²) < 4.78 is 10.6. The number of rotatable bonds is 4. The molecule has 1 aromatic rings. The van der Waals surface area contributed by atoms with Crippen LogP contribution in [0.4, 0.5) is 9.59 Å². The Morgan fingerprint density at radius 1 is 1.28 bits per heavy atom. The number of hydrogen-bond donors (Lipinski definition) is 1. The number of carbonyl (C=O) groups excluding carboxylic acids is 2. The lowest BCUT2D eigenvalue weighted by atomic mass is 10.0. The van der Waals surface area contributed by atoms with Crippen LogP contribution in [-0.4, -0.2) is 41.8 Å². The highest BCUT2D eigenvalue weighted by molar-refractivity contribution is 5.69. The number of nitrogens with one attached hydrogen (secondary N) is 1. The van der Waals surface area contributed by atoms with Gasteiger partial charge in [-0.25, -0.2) is 9.59 Å². The molecule has 1 aliphatic rings. The number of alkyl carbamates (subject to hydrolysis) is 1. The molecule has 1 fully saturated rings. The third kappa shape index (κ3) is 6.29. The molecular formula is C19H28N2O4. The van der Waals surface area contributed by atoms with Crippen LogP contribution in [0.2, 0.25) is 0 Å². The van der Waals surface area contributed by atoms with Gasteiger partial charge in [0.05, 0.1) is 0 Å². The van der Waals surface area contributed by atoms with E-state index in [2.05, 4.69) is 5.32 Å². The SMILES string of the molecule is CC(NC(=O)OC(C)(C)C)[C@@H]1CCN(C(=O)OCc2ccccc2)C1. The van der Waals surface area contributed by atoms with E-state index in [1.54, 1.807) is 4.90 Å². The van der Waals surface area contributed by atoms with Gasteiger partial charge in [0.25, 0.3) is 0 Å². The van der Waals surface area contributed by atoms with Crippen LogP contribution in [0.3, 0.4) is 0 Å². The zero-order valence-corrected chi connectivity index (χ0v) is 15.5. The summed E-state index contributed by atoms with van der Waals surface area (Å²) in [7, 11) is 0. The number of amides is 2. The Bertz CT molecular complexity index is 583. The van der Waals surface area contributed by atoms with E-state index in [0.717, 1.165) is 12.0 Å². The molecule has 0 bridgehead atoms. The monoisotopic (exact) mass is 348 g/mol. The van der Waals surface area contributed by atoms with Gasteiger partial charge in [0.1, 0.15) is 12.2 Å². The van der Waals surface area contributed by atoms with Crippen LogP contribution in [-0.2, 0) is 16.1 Å². The Hall–Kier alpha value is -2.24. The van der Waals surface area contributed by atoms with Crippen LogP contribution < -0.4 is 5.32 Å². The minimum atomic E-state index is -0.521. The number of likely N-dealkylation sites (tertiary alicyclic amines) is 1. The summed E-state index contributed by atoms with van der Waals surface area (Å²) in [6.45, 7) is 8.91. The molecule has 6 heteroatoms. The van der Waals surface area contributed by atoms with Gasteiger partial charge in [0, 0.05) is 19.1 Å². The fourth-order valence-electron chi connectivity index (χ4n) is 2.78. The Labute approximate surface area is 149 Å². The minimum absolute atomic E-state index is 0.0678. The Morgan fingerprint density at radius 3 is 2.60 bits per heavy atom. The zero-order valence-electron chi connectivity index (χ0n) is 15.5. The molecule has 25 heavy (non-hydrogen) atoms. The predicted octanol–water partition coefficient (Wildman–Crippen LogP) is 3.56. The van der Waals surface area contributed by atoms with Crippen LogP contribution in [0.1, 0.15) is 39.7 Å². The molecule has 2 amide bonds. The topological polar surface area (TPSA) is 67.9 Å². The van der Waals surface area contributed by atoms with Gasteiger partial charge in [-0.1, -0.05) is 30.3 Å². The van der Waals surface area contributed by atoms with E-state index in [0.29, 0.717) is 13.1 Å². The first-order valence-electron chi connectivity index (χ1n) is 8.70. The van der Waals surface area contributed by atoms with Gasteiger partial charge >= 0.3 is 12.2 Å². The average Bonchev–Trinajstić information content (AvgIpc) is 3.02. The molecule has 0 radical (unpaired) electrons. The summed E-state index contributed by atoms with van der Waals surface area (Å²) in [5, 5.41) is 2.86. The molecule has 1 aliphatic heterocycles. The third-order valence-electron chi connectivity index (χ3n) is 4.14. The average molecular weight is 348 g/mol. The molecule has 1 unspecified atom stereocenters. The second kappa shape index (κ2) is 8.23. The summed E-state index contributed by atoms with van der Waals surface area (Å²) in [6, 6.07) is 9.54. The van der Waals surface area contributed by atoms with Crippen molar-refractivity contribution >= 4 is 12.2 Å². The lowest BCUT2D eigenvalue weighted by Gasteiger charge is -2.24. The number of benzene rings is 1. The van der Waals surface area contributed by atoms with Crippen LogP contribution in [0.5, 0.6) is 0 Å². The maximum Gasteiger partial charge on any atom is 0.410 e. The molecule has 0 aromatic heterocycles. The quantitative estimate of drug-likeness (QED) is 0.903. The van der Waals surface area contributed by atoms with E-state index in [4.69, 9.17) is 9.47 Å². The maximum atomic E-state index is 12.2. The maximum absolute atomic E-state index is 12.2. The highest BCUT2D eigenvalue weighted by Crippen LogP contribution is 2.21. The van der Waals surface area contributed by atoms with E-state index in [-0.39, 0.29) is 24.7 Å². The van der Waals surface area contributed by atoms with E-state index >= 15 is 0 Å². The zero-order chi connectivity index (χ0) is 18.4. The van der Waals surface area contributed by atoms with Gasteiger partial charge in [-0.05, 0) is 45.6 Å². The first kappa shape index (κ1) is 19.1. The summed E-state index contributed by atoms with van der Waals surface area (Å²) in [4.78, 5) is 25.7. The molecule has 1 heterocycles. The fraction of sp³-hybridized carbons (Fsp3) is 0.579. The molecule has 1 saturated heterocycles. The molecule has 2 atom stereocenters. The second-order valence-corrected chi connectivity index (χ2v) is 7.47. The molecule has 1 aromatic carbocycles. The molecule has 6 nitrogen and oxygen atoms in total. The molecule has 0 saturated carbocycles. The Balaban J connectivity index is 1.76. The fourth-order valence-corrected chi connectivity index (χ4v) is 2.78. The first-order valence-corrected chi connectivity index (χ1v) is 8.70. The summed E-state index contributed by atoms with van der Waals surface area (Å²) in [5.41, 5.74) is 0.443. The van der Waals surface area contributed by atoms with Crippen molar-refractivity contribution in [2.24, 2.45) is 5.92 Å². The number of ether oxygens (including phenoxy) is 2. The smallest absolute Gasteiger partial charge is 0.410 e. The molecule has 0 spiro atoms. The van der Waals surface area contributed by atoms with E-state index < -0.39 is 11.7 Å². The number of hydrogen-bond acceptors (Lipinski definition) is 4. The van der Waals surface area contributed by atoms with Gasteiger partial charge < -0.3 is 19.7 Å². The highest BCUT2D eigenvalue weighted by Gasteiger charge is 2.32. The Morgan fingerprint density at radius 2 is 1.96 bits per heavy atom. The van der Waals surface area contributed by atoms with Gasteiger partial charge in [-0.2, -0.15) is 0 Å². The highest BCUT2D eigenvalue weighted by atomic mass is 16.6. The molecule has 2 rings (SSSR count). The molecule has 0 aliphatic carbocycles. The summed E-state index contributed by atoms with van der Waals surface area (Å²) >= 11 is 0. The van der Waals surface area contributed by atoms with Crippen LogP contribution in [0.15, 0.2) is 30.3 Å². The van der Waals surface area contributed by atoms with Crippen molar-refractivity contribution < 1.29 is 19.1 Å². The minimum Gasteiger partial charge on any atom is -0.445 e. The summed E-state index contributed by atoms with van der Waals surface area (Å²) in [6.07, 6.45) is 0.0955. The standard InChI is InChI=1S/C19H28N2O4/c1-14(20-17(22)25-19(2,3)4)16-10-11-21(12-16)18(23)24-13-15-8-6-5-7-9-15/h5-9,14,16H,10-13H2,1-4H3,(H,20,22)/t14?,16-/m1/s1. The largest absolute Gasteiger partial charge is 0.445 e. The van der Waals surface area contributed by atoms with E-state index in [9.17, 15) is 9.59 Å². The van der Waals surface area contributed by atoms with Gasteiger partial charge in [-0.15, -0.1) is 0 Å². The second-order valence-electron chi connectivity index (χ2n) is 7.47. The van der Waals surface area contributed by atoms with Crippen molar-refractivity contribution in [2.45, 2.75) is 52.4 Å². The number of nitrogens with zero attached hydrogens (tertiary/aromatic N) is 1. The van der Waals surface area contributed by atoms with Crippen molar-refractivity contribution in [3.05, 3.63) is 35.9 Å². The molecular weight excluding hydrogens is 320 g/mol. The van der Waals surface area contributed by atoms with Crippen LogP contribution in [0.25, 0.3) is 0 Å². The predicted molar refractivity (Wildman–Crippen MR) is 95.1 cm³/mol. The van der Waals surface area contributed by atoms with Gasteiger partial charge in [-0.3, -0.25) is 0 Å². The normalized spacial score (nSPS) is 18.6. The van der Waals surface area contributed by atoms with Crippen molar-refractivity contribution in [1.82, 2.24) is 10.2 Å². The van der Waals surface area contributed by atoms with Crippen molar-refractivity contribution in [3.63, 3.8) is 0 Å². The molecule has 1 N–H and O–H groups in total. The third-order valence-corrected chi connectivity index (χ3v) is 4.14. The van der Waals surface area contributed by atoms with Crippen LogP contribution >= 0.6 is 0 Å². The van der Waals surface area contributed by atoms with Crippen molar-refractivity contribution in [2.75, 3.05) is 13.1 Å². The van der Waals surface area contributed by atoms with E-state index in [1.165, 1.54) is 0 Å². The van der Waals surface area contributed by atoms with Crippen molar-refractivity contribution in [3.8, 4) is 0 Å². The van der Waals surface area contributed by atoms with Crippen LogP contribution in [0, 0.1) is 5.92 Å². The Kier molecular flexibility index (Phi) is 6.28.